The Kier molecular flexibility index (Phi) is 6.80. The van der Waals surface area contributed by atoms with Gasteiger partial charge in [-0.2, -0.15) is 5.26 Å². The lowest BCUT2D eigenvalue weighted by Gasteiger charge is -2.17. The summed E-state index contributed by atoms with van der Waals surface area (Å²) >= 11 is 0. The zero-order valence-corrected chi connectivity index (χ0v) is 28.0. The molecule has 0 saturated heterocycles. The highest BCUT2D eigenvalue weighted by molar-refractivity contribution is 6.26. The third-order valence-electron chi connectivity index (χ3n) is 9.97. The highest BCUT2D eigenvalue weighted by atomic mass is 15.0. The summed E-state index contributed by atoms with van der Waals surface area (Å²) in [6.45, 7) is 0. The maximum absolute atomic E-state index is 10.7. The number of para-hydroxylation sites is 3. The summed E-state index contributed by atoms with van der Waals surface area (Å²) in [6, 6.07) is 62.9. The molecule has 242 valence electrons. The maximum atomic E-state index is 10.7. The fraction of sp³-hybridized carbons (Fsp3) is 0. The first-order valence-electron chi connectivity index (χ1n) is 17.3. The molecule has 0 amide bonds. The molecular weight excluding hydrogens is 635 g/mol. The Morgan fingerprint density at radius 3 is 1.81 bits per heavy atom. The molecule has 0 spiro atoms. The predicted molar refractivity (Wildman–Crippen MR) is 212 cm³/mol. The van der Waals surface area contributed by atoms with Gasteiger partial charge in [-0.15, -0.1) is 0 Å². The molecule has 5 heteroatoms. The molecule has 3 heterocycles. The number of benzene rings is 7. The summed E-state index contributed by atoms with van der Waals surface area (Å²) < 4.78 is 4.69. The Morgan fingerprint density at radius 2 is 1.08 bits per heavy atom. The highest BCUT2D eigenvalue weighted by Gasteiger charge is 2.24. The van der Waals surface area contributed by atoms with Gasteiger partial charge in [-0.3, -0.25) is 0 Å². The quantitative estimate of drug-likeness (QED) is 0.184. The minimum absolute atomic E-state index is 0.541. The van der Waals surface area contributed by atoms with E-state index in [1.54, 1.807) is 0 Å². The highest BCUT2D eigenvalue weighted by Crippen LogP contribution is 2.44. The van der Waals surface area contributed by atoms with Crippen molar-refractivity contribution < 1.29 is 0 Å². The van der Waals surface area contributed by atoms with Crippen molar-refractivity contribution in [1.82, 2.24) is 19.1 Å². The lowest BCUT2D eigenvalue weighted by Crippen LogP contribution is -2.03. The lowest BCUT2D eigenvalue weighted by molar-refractivity contribution is 1.15. The summed E-state index contributed by atoms with van der Waals surface area (Å²) in [4.78, 5) is 10.3. The number of hydrogen-bond donors (Lipinski definition) is 0. The van der Waals surface area contributed by atoms with E-state index >= 15 is 0 Å². The molecule has 0 aliphatic carbocycles. The predicted octanol–water partition coefficient (Wildman–Crippen LogP) is 11.5. The Labute approximate surface area is 299 Å². The molecule has 0 fully saturated rings. The van der Waals surface area contributed by atoms with Crippen molar-refractivity contribution in [1.29, 1.82) is 5.26 Å². The Balaban J connectivity index is 1.35. The van der Waals surface area contributed by atoms with Crippen LogP contribution in [0, 0.1) is 11.3 Å². The van der Waals surface area contributed by atoms with Crippen LogP contribution in [0.1, 0.15) is 5.56 Å². The van der Waals surface area contributed by atoms with Crippen LogP contribution in [-0.4, -0.2) is 19.1 Å². The molecule has 0 aliphatic heterocycles. The molecule has 5 nitrogen and oxygen atoms in total. The summed E-state index contributed by atoms with van der Waals surface area (Å²) in [5, 5.41) is 15.3. The van der Waals surface area contributed by atoms with Crippen molar-refractivity contribution in [2.75, 3.05) is 0 Å². The van der Waals surface area contributed by atoms with Crippen LogP contribution in [-0.2, 0) is 0 Å². The minimum Gasteiger partial charge on any atom is -0.309 e. The second-order valence-electron chi connectivity index (χ2n) is 12.9. The van der Waals surface area contributed by atoms with E-state index in [0.29, 0.717) is 17.1 Å². The molecule has 0 atom stereocenters. The lowest BCUT2D eigenvalue weighted by atomic mass is 10.00. The van der Waals surface area contributed by atoms with E-state index in [0.717, 1.165) is 77.4 Å². The van der Waals surface area contributed by atoms with Crippen molar-refractivity contribution in [2.45, 2.75) is 0 Å². The summed E-state index contributed by atoms with van der Waals surface area (Å²) in [7, 11) is 0. The van der Waals surface area contributed by atoms with Crippen LogP contribution < -0.4 is 0 Å². The number of aromatic nitrogens is 4. The van der Waals surface area contributed by atoms with E-state index in [4.69, 9.17) is 9.97 Å². The van der Waals surface area contributed by atoms with Crippen molar-refractivity contribution in [3.63, 3.8) is 0 Å². The summed E-state index contributed by atoms with van der Waals surface area (Å²) in [5.41, 5.74) is 11.0. The van der Waals surface area contributed by atoms with Gasteiger partial charge in [-0.1, -0.05) is 127 Å². The summed E-state index contributed by atoms with van der Waals surface area (Å²) in [5.74, 6) is 0.603. The van der Waals surface area contributed by atoms with Gasteiger partial charge in [-0.05, 0) is 48.5 Å². The molecule has 52 heavy (non-hydrogen) atoms. The van der Waals surface area contributed by atoms with E-state index in [1.165, 1.54) is 0 Å². The standard InChI is InChI=1S/C47H29N5/c48-30-33-19-14-26-42(44(33)39-29-38(31-15-4-1-5-16-31)49-47(50-39)32-17-6-2-7-18-32)52-40-24-12-10-22-35(40)36-27-28-43-45(46(36)52)37-23-11-13-25-41(37)51(43)34-20-8-3-9-21-34/h1-29H. The Morgan fingerprint density at radius 1 is 0.462 bits per heavy atom. The van der Waals surface area contributed by atoms with Gasteiger partial charge in [0.15, 0.2) is 5.82 Å². The normalized spacial score (nSPS) is 11.4. The number of rotatable bonds is 5. The molecule has 3 aromatic heterocycles. The largest absolute Gasteiger partial charge is 0.309 e. The molecule has 0 radical (unpaired) electrons. The van der Waals surface area contributed by atoms with Crippen molar-refractivity contribution >= 4 is 43.6 Å². The second kappa shape index (κ2) is 11.9. The van der Waals surface area contributed by atoms with Crippen LogP contribution in [0.15, 0.2) is 176 Å². The monoisotopic (exact) mass is 663 g/mol. The smallest absolute Gasteiger partial charge is 0.160 e. The number of fused-ring (bicyclic) bond motifs is 7. The first-order valence-corrected chi connectivity index (χ1v) is 17.3. The van der Waals surface area contributed by atoms with E-state index in [-0.39, 0.29) is 0 Å². The van der Waals surface area contributed by atoms with E-state index in [1.807, 2.05) is 66.7 Å². The van der Waals surface area contributed by atoms with Gasteiger partial charge in [0.1, 0.15) is 0 Å². The van der Waals surface area contributed by atoms with Gasteiger partial charge in [0.2, 0.25) is 0 Å². The van der Waals surface area contributed by atoms with Gasteiger partial charge in [0.25, 0.3) is 0 Å². The Hall–Kier alpha value is -7.29. The zero-order chi connectivity index (χ0) is 34.6. The van der Waals surface area contributed by atoms with Crippen LogP contribution in [0.4, 0.5) is 0 Å². The molecule has 0 unspecified atom stereocenters. The fourth-order valence-corrected chi connectivity index (χ4v) is 7.75. The van der Waals surface area contributed by atoms with E-state index in [9.17, 15) is 5.26 Å². The second-order valence-corrected chi connectivity index (χ2v) is 12.9. The van der Waals surface area contributed by atoms with Crippen molar-refractivity contribution in [3.05, 3.63) is 181 Å². The van der Waals surface area contributed by atoms with Crippen molar-refractivity contribution in [3.8, 4) is 51.3 Å². The zero-order valence-electron chi connectivity index (χ0n) is 28.0. The molecule has 0 aliphatic rings. The third-order valence-corrected chi connectivity index (χ3v) is 9.97. The maximum Gasteiger partial charge on any atom is 0.160 e. The molecule has 10 rings (SSSR count). The van der Waals surface area contributed by atoms with Gasteiger partial charge in [0, 0.05) is 43.9 Å². The van der Waals surface area contributed by atoms with Gasteiger partial charge >= 0.3 is 0 Å². The van der Waals surface area contributed by atoms with Crippen LogP contribution in [0.3, 0.4) is 0 Å². The average Bonchev–Trinajstić information content (AvgIpc) is 3.74. The molecule has 10 aromatic rings. The fourth-order valence-electron chi connectivity index (χ4n) is 7.75. The topological polar surface area (TPSA) is 59.4 Å². The number of nitriles is 1. The molecule has 7 aromatic carbocycles. The van der Waals surface area contributed by atoms with Crippen LogP contribution in [0.5, 0.6) is 0 Å². The van der Waals surface area contributed by atoms with Gasteiger partial charge < -0.3 is 9.13 Å². The first kappa shape index (κ1) is 29.6. The molecule has 0 bridgehead atoms. The molecular formula is C47H29N5. The van der Waals surface area contributed by atoms with E-state index in [2.05, 4.69) is 124 Å². The average molecular weight is 664 g/mol. The molecule has 0 saturated carbocycles. The minimum atomic E-state index is 0.541. The first-order chi connectivity index (χ1) is 25.8. The summed E-state index contributed by atoms with van der Waals surface area (Å²) in [6.07, 6.45) is 0. The van der Waals surface area contributed by atoms with Crippen LogP contribution in [0.25, 0.3) is 88.9 Å². The van der Waals surface area contributed by atoms with E-state index < -0.39 is 0 Å². The third kappa shape index (κ3) is 4.56. The van der Waals surface area contributed by atoms with Crippen LogP contribution in [0.2, 0.25) is 0 Å². The number of hydrogen-bond acceptors (Lipinski definition) is 3. The van der Waals surface area contributed by atoms with Crippen LogP contribution >= 0.6 is 0 Å². The Bertz CT molecular complexity index is 2950. The SMILES string of the molecule is N#Cc1cccc(-n2c3ccccc3c3ccc4c(c5ccccc5n4-c4ccccc4)c32)c1-c1cc(-c2ccccc2)nc(-c2ccccc2)n1. The van der Waals surface area contributed by atoms with Gasteiger partial charge in [-0.25, -0.2) is 9.97 Å². The number of nitrogens with zero attached hydrogens (tertiary/aromatic N) is 5. The molecule has 0 N–H and O–H groups in total. The van der Waals surface area contributed by atoms with Gasteiger partial charge in [0.05, 0.1) is 50.8 Å². The van der Waals surface area contributed by atoms with Crippen molar-refractivity contribution in [2.24, 2.45) is 0 Å².